The van der Waals surface area contributed by atoms with E-state index in [1.54, 1.807) is 12.4 Å². The predicted molar refractivity (Wildman–Crippen MR) is 75.4 cm³/mol. The summed E-state index contributed by atoms with van der Waals surface area (Å²) in [6, 6.07) is 4.25. The summed E-state index contributed by atoms with van der Waals surface area (Å²) in [6.07, 6.45) is 7.27. The second-order valence-electron chi connectivity index (χ2n) is 5.24. The molecule has 2 heterocycles. The van der Waals surface area contributed by atoms with Crippen molar-refractivity contribution in [2.75, 3.05) is 13.1 Å². The predicted octanol–water partition coefficient (Wildman–Crippen LogP) is 2.12. The molecule has 1 aromatic rings. The van der Waals surface area contributed by atoms with Crippen LogP contribution >= 0.6 is 0 Å². The maximum absolute atomic E-state index is 12.4. The average Bonchev–Trinajstić information content (AvgIpc) is 2.95. The molecule has 0 radical (unpaired) electrons. The fourth-order valence-electron chi connectivity index (χ4n) is 2.76. The maximum atomic E-state index is 12.4. The number of carbonyl (C=O) groups is 1. The Morgan fingerprint density at radius 1 is 1.53 bits per heavy atom. The molecule has 1 amide bonds. The summed E-state index contributed by atoms with van der Waals surface area (Å²) in [4.78, 5) is 18.5. The van der Waals surface area contributed by atoms with Gasteiger partial charge in [-0.15, -0.1) is 0 Å². The highest BCUT2D eigenvalue weighted by molar-refractivity contribution is 5.77. The first-order valence-corrected chi connectivity index (χ1v) is 7.15. The first-order chi connectivity index (χ1) is 9.26. The van der Waals surface area contributed by atoms with Crippen LogP contribution in [-0.4, -0.2) is 28.9 Å². The lowest BCUT2D eigenvalue weighted by atomic mass is 10.0. The maximum Gasteiger partial charge on any atom is 0.223 e. The molecule has 1 fully saturated rings. The molecule has 1 aromatic heterocycles. The zero-order valence-corrected chi connectivity index (χ0v) is 11.6. The quantitative estimate of drug-likeness (QED) is 0.883. The van der Waals surface area contributed by atoms with Crippen LogP contribution in [0.1, 0.15) is 44.2 Å². The minimum Gasteiger partial charge on any atom is -0.336 e. The number of rotatable bonds is 5. The van der Waals surface area contributed by atoms with Gasteiger partial charge in [0.1, 0.15) is 0 Å². The van der Waals surface area contributed by atoms with E-state index in [1.165, 1.54) is 5.56 Å². The van der Waals surface area contributed by atoms with Crippen LogP contribution in [-0.2, 0) is 4.79 Å². The van der Waals surface area contributed by atoms with Crippen molar-refractivity contribution in [3.05, 3.63) is 30.1 Å². The van der Waals surface area contributed by atoms with Gasteiger partial charge >= 0.3 is 0 Å². The van der Waals surface area contributed by atoms with Crippen LogP contribution in [0.25, 0.3) is 0 Å². The van der Waals surface area contributed by atoms with Crippen LogP contribution in [0.3, 0.4) is 0 Å². The normalized spacial score (nSPS) is 20.5. The molecule has 0 aliphatic carbocycles. The number of aromatic nitrogens is 1. The molecule has 2 atom stereocenters. The molecule has 19 heavy (non-hydrogen) atoms. The third-order valence-electron chi connectivity index (χ3n) is 4.04. The molecule has 4 nitrogen and oxygen atoms in total. The molecule has 1 saturated heterocycles. The van der Waals surface area contributed by atoms with E-state index < -0.39 is 0 Å². The minimum absolute atomic E-state index is 0.228. The van der Waals surface area contributed by atoms with Crippen LogP contribution in [0.15, 0.2) is 24.5 Å². The van der Waals surface area contributed by atoms with E-state index >= 15 is 0 Å². The molecule has 0 bridgehead atoms. The Labute approximate surface area is 115 Å². The van der Waals surface area contributed by atoms with Crippen molar-refractivity contribution in [3.63, 3.8) is 0 Å². The molecule has 2 rings (SSSR count). The molecule has 0 aromatic carbocycles. The number of carbonyl (C=O) groups excluding carboxylic acids is 1. The molecule has 2 N–H and O–H groups in total. The summed E-state index contributed by atoms with van der Waals surface area (Å²) in [5, 5.41) is 0. The van der Waals surface area contributed by atoms with Gasteiger partial charge in [-0.3, -0.25) is 9.78 Å². The largest absolute Gasteiger partial charge is 0.336 e. The standard InChI is InChI=1S/C15H23N3O/c1-2-12(11-16)10-15(19)18-9-3-4-14(18)13-5-7-17-8-6-13/h5-8,12,14H,2-4,9-11,16H2,1H3. The van der Waals surface area contributed by atoms with Crippen molar-refractivity contribution in [2.24, 2.45) is 11.7 Å². The van der Waals surface area contributed by atoms with Crippen molar-refractivity contribution in [1.29, 1.82) is 0 Å². The molecule has 104 valence electrons. The Balaban J connectivity index is 2.04. The zero-order valence-electron chi connectivity index (χ0n) is 11.6. The first kappa shape index (κ1) is 14.0. The highest BCUT2D eigenvalue weighted by Crippen LogP contribution is 2.32. The van der Waals surface area contributed by atoms with Gasteiger partial charge in [0.05, 0.1) is 6.04 Å². The van der Waals surface area contributed by atoms with Gasteiger partial charge in [0, 0.05) is 25.4 Å². The van der Waals surface area contributed by atoms with Gasteiger partial charge in [-0.05, 0) is 43.0 Å². The monoisotopic (exact) mass is 261 g/mol. The second kappa shape index (κ2) is 6.66. The van der Waals surface area contributed by atoms with E-state index in [0.29, 0.717) is 18.9 Å². The van der Waals surface area contributed by atoms with Crippen molar-refractivity contribution in [2.45, 2.75) is 38.6 Å². The van der Waals surface area contributed by atoms with E-state index in [4.69, 9.17) is 5.73 Å². The topological polar surface area (TPSA) is 59.2 Å². The van der Waals surface area contributed by atoms with Gasteiger partial charge in [-0.1, -0.05) is 13.3 Å². The smallest absolute Gasteiger partial charge is 0.223 e. The lowest BCUT2D eigenvalue weighted by Gasteiger charge is -2.26. The summed E-state index contributed by atoms with van der Waals surface area (Å²) in [5.41, 5.74) is 6.89. The lowest BCUT2D eigenvalue weighted by molar-refractivity contribution is -0.133. The summed E-state index contributed by atoms with van der Waals surface area (Å²) in [6.45, 7) is 3.55. The van der Waals surface area contributed by atoms with Crippen LogP contribution in [0.2, 0.25) is 0 Å². The summed E-state index contributed by atoms with van der Waals surface area (Å²) in [7, 11) is 0. The Morgan fingerprint density at radius 2 is 2.26 bits per heavy atom. The van der Waals surface area contributed by atoms with Gasteiger partial charge in [-0.25, -0.2) is 0 Å². The zero-order chi connectivity index (χ0) is 13.7. The van der Waals surface area contributed by atoms with Crippen LogP contribution in [0, 0.1) is 5.92 Å². The van der Waals surface area contributed by atoms with Gasteiger partial charge in [0.25, 0.3) is 0 Å². The lowest BCUT2D eigenvalue weighted by Crippen LogP contribution is -2.33. The molecule has 0 spiro atoms. The van der Waals surface area contributed by atoms with Gasteiger partial charge < -0.3 is 10.6 Å². The second-order valence-corrected chi connectivity index (χ2v) is 5.24. The van der Waals surface area contributed by atoms with E-state index in [1.807, 2.05) is 17.0 Å². The number of nitrogens with zero attached hydrogens (tertiary/aromatic N) is 2. The number of likely N-dealkylation sites (tertiary alicyclic amines) is 1. The van der Waals surface area contributed by atoms with Crippen LogP contribution in [0.5, 0.6) is 0 Å². The van der Waals surface area contributed by atoms with Crippen molar-refractivity contribution in [1.82, 2.24) is 9.88 Å². The Morgan fingerprint density at radius 3 is 2.89 bits per heavy atom. The fraction of sp³-hybridized carbons (Fsp3) is 0.600. The first-order valence-electron chi connectivity index (χ1n) is 7.15. The summed E-state index contributed by atoms with van der Waals surface area (Å²) >= 11 is 0. The van der Waals surface area contributed by atoms with E-state index in [2.05, 4.69) is 11.9 Å². The van der Waals surface area contributed by atoms with E-state index in [9.17, 15) is 4.79 Å². The molecule has 2 unspecified atom stereocenters. The number of nitrogens with two attached hydrogens (primary N) is 1. The van der Waals surface area contributed by atoms with Crippen molar-refractivity contribution >= 4 is 5.91 Å². The number of amides is 1. The SMILES string of the molecule is CCC(CN)CC(=O)N1CCCC1c1ccncc1. The number of hydrogen-bond donors (Lipinski definition) is 1. The van der Waals surface area contributed by atoms with Crippen LogP contribution in [0.4, 0.5) is 0 Å². The summed E-state index contributed by atoms with van der Waals surface area (Å²) < 4.78 is 0. The molecule has 0 saturated carbocycles. The van der Waals surface area contributed by atoms with Crippen molar-refractivity contribution < 1.29 is 4.79 Å². The molecule has 4 heteroatoms. The van der Waals surface area contributed by atoms with Gasteiger partial charge in [0.15, 0.2) is 0 Å². The third kappa shape index (κ3) is 3.32. The highest BCUT2D eigenvalue weighted by atomic mass is 16.2. The fourth-order valence-corrected chi connectivity index (χ4v) is 2.76. The number of pyridine rings is 1. The van der Waals surface area contributed by atoms with Gasteiger partial charge in [0.2, 0.25) is 5.91 Å². The highest BCUT2D eigenvalue weighted by Gasteiger charge is 2.30. The summed E-state index contributed by atoms with van der Waals surface area (Å²) in [5.74, 6) is 0.558. The Bertz CT molecular complexity index is 403. The minimum atomic E-state index is 0.228. The van der Waals surface area contributed by atoms with Gasteiger partial charge in [-0.2, -0.15) is 0 Å². The van der Waals surface area contributed by atoms with E-state index in [0.717, 1.165) is 25.8 Å². The van der Waals surface area contributed by atoms with Crippen LogP contribution < -0.4 is 5.73 Å². The number of hydrogen-bond acceptors (Lipinski definition) is 3. The average molecular weight is 261 g/mol. The third-order valence-corrected chi connectivity index (χ3v) is 4.04. The molecular weight excluding hydrogens is 238 g/mol. The molecular formula is C15H23N3O. The van der Waals surface area contributed by atoms with E-state index in [-0.39, 0.29) is 11.9 Å². The molecule has 1 aliphatic rings. The molecule has 1 aliphatic heterocycles. The Kier molecular flexibility index (Phi) is 4.91. The van der Waals surface area contributed by atoms with Crippen molar-refractivity contribution in [3.8, 4) is 0 Å². The Hall–Kier alpha value is -1.42.